The average Bonchev–Trinajstić information content (AvgIpc) is 2.39. The van der Waals surface area contributed by atoms with Crippen LogP contribution in [0.3, 0.4) is 0 Å². The molecule has 2 aromatic rings. The minimum Gasteiger partial charge on any atom is -0.472 e. The van der Waals surface area contributed by atoms with Gasteiger partial charge in [-0.15, -0.1) is 0 Å². The lowest BCUT2D eigenvalue weighted by Gasteiger charge is -2.10. The van der Waals surface area contributed by atoms with Gasteiger partial charge in [-0.2, -0.15) is 4.98 Å². The number of anilines is 1. The van der Waals surface area contributed by atoms with Crippen molar-refractivity contribution in [2.45, 2.75) is 6.61 Å². The summed E-state index contributed by atoms with van der Waals surface area (Å²) < 4.78 is 5.58. The molecule has 2 rings (SSSR count). The smallest absolute Gasteiger partial charge is 0.234 e. The Morgan fingerprint density at radius 3 is 2.53 bits per heavy atom. The molecule has 3 nitrogen and oxygen atoms in total. The summed E-state index contributed by atoms with van der Waals surface area (Å²) in [5.41, 5.74) is 0.864. The number of aromatic nitrogens is 1. The Morgan fingerprint density at radius 2 is 1.84 bits per heavy atom. The summed E-state index contributed by atoms with van der Waals surface area (Å²) in [6.07, 6.45) is 0. The Labute approximate surface area is 126 Å². The second-order valence-corrected chi connectivity index (χ2v) is 4.96. The van der Waals surface area contributed by atoms with Crippen molar-refractivity contribution in [3.63, 3.8) is 0 Å². The Morgan fingerprint density at radius 1 is 1.11 bits per heavy atom. The number of nitrogens with zero attached hydrogens (tertiary/aromatic N) is 1. The average molecular weight is 318 g/mol. The van der Waals surface area contributed by atoms with Gasteiger partial charge in [0.2, 0.25) is 5.88 Å². The predicted octanol–water partition coefficient (Wildman–Crippen LogP) is 4.66. The van der Waals surface area contributed by atoms with Gasteiger partial charge >= 0.3 is 0 Å². The van der Waals surface area contributed by atoms with Crippen molar-refractivity contribution in [3.8, 4) is 5.88 Å². The maximum absolute atomic E-state index is 6.05. The van der Waals surface area contributed by atoms with Crippen molar-refractivity contribution in [1.82, 2.24) is 4.98 Å². The zero-order chi connectivity index (χ0) is 13.8. The second kappa shape index (κ2) is 6.33. The molecular weight excluding hydrogens is 307 g/mol. The fraction of sp³-hybridized carbons (Fsp3) is 0.154. The molecule has 1 heterocycles. The molecule has 0 aliphatic rings. The van der Waals surface area contributed by atoms with Crippen LogP contribution in [-0.4, -0.2) is 12.0 Å². The highest BCUT2D eigenvalue weighted by Crippen LogP contribution is 2.31. The van der Waals surface area contributed by atoms with Crippen molar-refractivity contribution in [3.05, 3.63) is 51.0 Å². The minimum absolute atomic E-state index is 0.289. The minimum atomic E-state index is 0.289. The van der Waals surface area contributed by atoms with Crippen LogP contribution in [0.25, 0.3) is 0 Å². The highest BCUT2D eigenvalue weighted by molar-refractivity contribution is 6.36. The van der Waals surface area contributed by atoms with E-state index in [0.717, 1.165) is 5.56 Å². The highest BCUT2D eigenvalue weighted by atomic mass is 35.5. The van der Waals surface area contributed by atoms with Gasteiger partial charge in [-0.3, -0.25) is 0 Å². The molecule has 0 spiro atoms. The SMILES string of the molecule is CNc1nc(OCc2ccccc2Cl)c(Cl)cc1Cl. The summed E-state index contributed by atoms with van der Waals surface area (Å²) in [7, 11) is 1.72. The number of ether oxygens (including phenoxy) is 1. The fourth-order valence-electron chi connectivity index (χ4n) is 1.49. The Bertz CT molecular complexity index is 590. The van der Waals surface area contributed by atoms with Gasteiger partial charge in [0.1, 0.15) is 17.4 Å². The van der Waals surface area contributed by atoms with Crippen LogP contribution in [0.5, 0.6) is 5.88 Å². The van der Waals surface area contributed by atoms with Crippen LogP contribution in [-0.2, 0) is 6.61 Å². The third-order valence-corrected chi connectivity index (χ3v) is 3.38. The van der Waals surface area contributed by atoms with E-state index in [9.17, 15) is 0 Å². The normalized spacial score (nSPS) is 10.3. The van der Waals surface area contributed by atoms with Gasteiger partial charge in [-0.25, -0.2) is 0 Å². The molecule has 100 valence electrons. The lowest BCUT2D eigenvalue weighted by Crippen LogP contribution is -2.01. The van der Waals surface area contributed by atoms with E-state index >= 15 is 0 Å². The van der Waals surface area contributed by atoms with Gasteiger partial charge in [-0.05, 0) is 12.1 Å². The van der Waals surface area contributed by atoms with Crippen LogP contribution in [0.4, 0.5) is 5.82 Å². The maximum atomic E-state index is 6.05. The quantitative estimate of drug-likeness (QED) is 0.890. The zero-order valence-corrected chi connectivity index (χ0v) is 12.4. The molecule has 0 bridgehead atoms. The number of nitrogens with one attached hydrogen (secondary N) is 1. The molecule has 0 aliphatic heterocycles. The van der Waals surface area contributed by atoms with Crippen molar-refractivity contribution in [1.29, 1.82) is 0 Å². The van der Waals surface area contributed by atoms with Crippen LogP contribution < -0.4 is 10.1 Å². The monoisotopic (exact) mass is 316 g/mol. The van der Waals surface area contributed by atoms with E-state index in [-0.39, 0.29) is 6.61 Å². The van der Waals surface area contributed by atoms with E-state index in [1.165, 1.54) is 0 Å². The number of hydrogen-bond donors (Lipinski definition) is 1. The topological polar surface area (TPSA) is 34.2 Å². The zero-order valence-electron chi connectivity index (χ0n) is 10.1. The van der Waals surface area contributed by atoms with Crippen LogP contribution in [0.1, 0.15) is 5.56 Å². The van der Waals surface area contributed by atoms with E-state index in [2.05, 4.69) is 10.3 Å². The summed E-state index contributed by atoms with van der Waals surface area (Å²) in [6, 6.07) is 9.02. The third kappa shape index (κ3) is 3.44. The van der Waals surface area contributed by atoms with Crippen molar-refractivity contribution < 1.29 is 4.74 Å². The van der Waals surface area contributed by atoms with E-state index in [4.69, 9.17) is 39.5 Å². The first-order valence-electron chi connectivity index (χ1n) is 5.52. The van der Waals surface area contributed by atoms with Gasteiger partial charge in [0, 0.05) is 17.6 Å². The summed E-state index contributed by atoms with van der Waals surface area (Å²) >= 11 is 18.0. The van der Waals surface area contributed by atoms with Gasteiger partial charge < -0.3 is 10.1 Å². The van der Waals surface area contributed by atoms with Crippen LogP contribution in [0, 0.1) is 0 Å². The second-order valence-electron chi connectivity index (χ2n) is 3.74. The van der Waals surface area contributed by atoms with E-state index < -0.39 is 0 Å². The molecule has 0 amide bonds. The molecule has 6 heteroatoms. The molecule has 0 saturated carbocycles. The summed E-state index contributed by atoms with van der Waals surface area (Å²) in [5.74, 6) is 0.829. The van der Waals surface area contributed by atoms with Crippen molar-refractivity contribution in [2.24, 2.45) is 0 Å². The molecule has 19 heavy (non-hydrogen) atoms. The molecule has 1 N–H and O–H groups in total. The first kappa shape index (κ1) is 14.3. The third-order valence-electron chi connectivity index (χ3n) is 2.46. The van der Waals surface area contributed by atoms with Gasteiger partial charge in [0.15, 0.2) is 0 Å². The Hall–Kier alpha value is -1.16. The molecular formula is C13H11Cl3N2O. The predicted molar refractivity (Wildman–Crippen MR) is 79.6 cm³/mol. The number of hydrogen-bond acceptors (Lipinski definition) is 3. The van der Waals surface area contributed by atoms with E-state index in [1.807, 2.05) is 18.2 Å². The summed E-state index contributed by atoms with van der Waals surface area (Å²) in [5, 5.41) is 4.30. The number of pyridine rings is 1. The maximum Gasteiger partial charge on any atom is 0.234 e. The molecule has 0 radical (unpaired) electrons. The number of benzene rings is 1. The lowest BCUT2D eigenvalue weighted by atomic mass is 10.2. The van der Waals surface area contributed by atoms with Gasteiger partial charge in [0.25, 0.3) is 0 Å². The molecule has 0 atom stereocenters. The first-order valence-corrected chi connectivity index (χ1v) is 6.65. The van der Waals surface area contributed by atoms with E-state index in [0.29, 0.717) is 26.8 Å². The summed E-state index contributed by atoms with van der Waals surface area (Å²) in [4.78, 5) is 4.19. The molecule has 1 aromatic heterocycles. The highest BCUT2D eigenvalue weighted by Gasteiger charge is 2.10. The molecule has 0 fully saturated rings. The van der Waals surface area contributed by atoms with Gasteiger partial charge in [-0.1, -0.05) is 53.0 Å². The summed E-state index contributed by atoms with van der Waals surface area (Å²) in [6.45, 7) is 0.289. The molecule has 0 aliphatic carbocycles. The fourth-order valence-corrected chi connectivity index (χ4v) is 2.19. The molecule has 0 unspecified atom stereocenters. The van der Waals surface area contributed by atoms with Gasteiger partial charge in [0.05, 0.1) is 5.02 Å². The number of rotatable bonds is 4. The molecule has 1 aromatic carbocycles. The number of halogens is 3. The van der Waals surface area contributed by atoms with Crippen LogP contribution >= 0.6 is 34.8 Å². The standard InChI is InChI=1S/C13H11Cl3N2O/c1-17-12-10(15)6-11(16)13(18-12)19-7-8-4-2-3-5-9(8)14/h2-6H,7H2,1H3,(H,17,18). The molecule has 0 saturated heterocycles. The largest absolute Gasteiger partial charge is 0.472 e. The van der Waals surface area contributed by atoms with Crippen molar-refractivity contribution in [2.75, 3.05) is 12.4 Å². The van der Waals surface area contributed by atoms with Crippen LogP contribution in [0.15, 0.2) is 30.3 Å². The van der Waals surface area contributed by atoms with Crippen LogP contribution in [0.2, 0.25) is 15.1 Å². The van der Waals surface area contributed by atoms with E-state index in [1.54, 1.807) is 19.2 Å². The lowest BCUT2D eigenvalue weighted by molar-refractivity contribution is 0.294. The Balaban J connectivity index is 2.18. The first-order chi connectivity index (χ1) is 9.11. The van der Waals surface area contributed by atoms with Crippen molar-refractivity contribution >= 4 is 40.6 Å². The Kier molecular flexibility index (Phi) is 4.75.